The fraction of sp³-hybridized carbons (Fsp3) is 0.550. The number of hydrogen-bond acceptors (Lipinski definition) is 3. The van der Waals surface area contributed by atoms with Crippen LogP contribution in [0.15, 0.2) is 30.4 Å². The molecule has 4 heteroatoms. The number of carbonyl (C=O) groups excluding carboxylic acids is 1. The number of hydrogen-bond donors (Lipinski definition) is 0. The number of likely N-dealkylation sites (tertiary alicyclic amines) is 1. The summed E-state index contributed by atoms with van der Waals surface area (Å²) in [6, 6.07) is 5.99. The molecule has 3 aliphatic rings. The molecule has 1 fully saturated rings. The van der Waals surface area contributed by atoms with Crippen molar-refractivity contribution in [1.82, 2.24) is 9.80 Å². The van der Waals surface area contributed by atoms with E-state index in [0.717, 1.165) is 69.7 Å². The maximum atomic E-state index is 12.5. The van der Waals surface area contributed by atoms with E-state index in [2.05, 4.69) is 11.8 Å². The van der Waals surface area contributed by atoms with Crippen molar-refractivity contribution in [2.75, 3.05) is 32.7 Å². The van der Waals surface area contributed by atoms with Crippen molar-refractivity contribution in [3.8, 4) is 5.75 Å². The summed E-state index contributed by atoms with van der Waals surface area (Å²) in [7, 11) is 0. The van der Waals surface area contributed by atoms with Crippen LogP contribution in [0.1, 0.15) is 42.1 Å². The van der Waals surface area contributed by atoms with Gasteiger partial charge >= 0.3 is 0 Å². The second kappa shape index (κ2) is 6.25. The zero-order valence-electron chi connectivity index (χ0n) is 14.5. The smallest absolute Gasteiger partial charge is 0.254 e. The molecule has 4 nitrogen and oxygen atoms in total. The maximum Gasteiger partial charge on any atom is 0.254 e. The summed E-state index contributed by atoms with van der Waals surface area (Å²) < 4.78 is 6.45. The second-order valence-corrected chi connectivity index (χ2v) is 7.22. The third kappa shape index (κ3) is 2.84. The molecular weight excluding hydrogens is 300 g/mol. The lowest BCUT2D eigenvalue weighted by Gasteiger charge is -2.44. The van der Waals surface area contributed by atoms with Crippen molar-refractivity contribution in [2.45, 2.75) is 38.2 Å². The van der Waals surface area contributed by atoms with Crippen LogP contribution in [0.2, 0.25) is 0 Å². The molecule has 3 aliphatic heterocycles. The van der Waals surface area contributed by atoms with E-state index in [1.54, 1.807) is 0 Å². The zero-order chi connectivity index (χ0) is 16.6. The van der Waals surface area contributed by atoms with Gasteiger partial charge in [-0.25, -0.2) is 0 Å². The van der Waals surface area contributed by atoms with Crippen molar-refractivity contribution >= 4 is 5.91 Å². The first-order chi connectivity index (χ1) is 11.7. The van der Waals surface area contributed by atoms with Crippen LogP contribution in [0.3, 0.4) is 0 Å². The number of benzene rings is 1. The van der Waals surface area contributed by atoms with Crippen LogP contribution in [0.25, 0.3) is 0 Å². The highest BCUT2D eigenvalue weighted by Gasteiger charge is 2.39. The normalized spacial score (nSPS) is 22.5. The molecule has 1 aromatic carbocycles. The topological polar surface area (TPSA) is 32.8 Å². The summed E-state index contributed by atoms with van der Waals surface area (Å²) in [6.07, 6.45) is 8.40. The number of rotatable bonds is 2. The lowest BCUT2D eigenvalue weighted by molar-refractivity contribution is -0.0132. The third-order valence-corrected chi connectivity index (χ3v) is 5.80. The Kier molecular flexibility index (Phi) is 4.09. The van der Waals surface area contributed by atoms with E-state index in [4.69, 9.17) is 4.74 Å². The van der Waals surface area contributed by atoms with Gasteiger partial charge in [0.15, 0.2) is 0 Å². The first kappa shape index (κ1) is 15.7. The Morgan fingerprint density at radius 3 is 2.62 bits per heavy atom. The number of aryl methyl sites for hydroxylation is 1. The fourth-order valence-electron chi connectivity index (χ4n) is 4.11. The highest BCUT2D eigenvalue weighted by molar-refractivity contribution is 5.95. The molecule has 0 aliphatic carbocycles. The van der Waals surface area contributed by atoms with Crippen LogP contribution in [0.4, 0.5) is 0 Å². The van der Waals surface area contributed by atoms with Gasteiger partial charge in [0.2, 0.25) is 0 Å². The molecule has 3 heterocycles. The van der Waals surface area contributed by atoms with E-state index in [1.807, 2.05) is 35.3 Å². The largest absolute Gasteiger partial charge is 0.487 e. The number of ether oxygens (including phenoxy) is 1. The number of carbonyl (C=O) groups is 1. The van der Waals surface area contributed by atoms with E-state index in [1.165, 1.54) is 5.56 Å². The van der Waals surface area contributed by atoms with Crippen LogP contribution >= 0.6 is 0 Å². The molecule has 0 radical (unpaired) electrons. The lowest BCUT2D eigenvalue weighted by atomic mass is 9.83. The van der Waals surface area contributed by atoms with Crippen molar-refractivity contribution in [2.24, 2.45) is 0 Å². The van der Waals surface area contributed by atoms with Gasteiger partial charge in [-0.2, -0.15) is 0 Å². The number of fused-ring (bicyclic) bond motifs is 1. The summed E-state index contributed by atoms with van der Waals surface area (Å²) in [5.41, 5.74) is 2.00. The van der Waals surface area contributed by atoms with Crippen molar-refractivity contribution < 1.29 is 9.53 Å². The highest BCUT2D eigenvalue weighted by atomic mass is 16.5. The molecule has 0 bridgehead atoms. The van der Waals surface area contributed by atoms with E-state index in [9.17, 15) is 4.79 Å². The van der Waals surface area contributed by atoms with E-state index < -0.39 is 0 Å². The van der Waals surface area contributed by atoms with Crippen LogP contribution < -0.4 is 4.74 Å². The monoisotopic (exact) mass is 326 g/mol. The molecule has 0 N–H and O–H groups in total. The maximum absolute atomic E-state index is 12.5. The minimum absolute atomic E-state index is 0.0169. The summed E-state index contributed by atoms with van der Waals surface area (Å²) in [5, 5.41) is 0. The summed E-state index contributed by atoms with van der Waals surface area (Å²) in [4.78, 5) is 16.9. The molecular formula is C20H26N2O2. The molecule has 1 spiro atoms. The third-order valence-electron chi connectivity index (χ3n) is 5.80. The Balaban J connectivity index is 1.48. The predicted octanol–water partition coefficient (Wildman–Crippen LogP) is 2.88. The Morgan fingerprint density at radius 1 is 1.17 bits per heavy atom. The van der Waals surface area contributed by atoms with Gasteiger partial charge in [-0.15, -0.1) is 0 Å². The second-order valence-electron chi connectivity index (χ2n) is 7.22. The molecule has 0 unspecified atom stereocenters. The molecule has 24 heavy (non-hydrogen) atoms. The summed E-state index contributed by atoms with van der Waals surface area (Å²) in [5.74, 6) is 1.11. The average molecular weight is 326 g/mol. The molecule has 1 amide bonds. The van der Waals surface area contributed by atoms with Gasteiger partial charge in [-0.3, -0.25) is 4.79 Å². The minimum Gasteiger partial charge on any atom is -0.487 e. The Labute approximate surface area is 144 Å². The molecule has 1 aromatic rings. The highest BCUT2D eigenvalue weighted by Crippen LogP contribution is 2.39. The number of amides is 1. The van der Waals surface area contributed by atoms with E-state index >= 15 is 0 Å². The minimum atomic E-state index is 0.0169. The SMILES string of the molecule is CCN1CCC2(CCc3cc(C(=O)N4CC=CC4)ccc3O2)CC1. The van der Waals surface area contributed by atoms with Gasteiger partial charge in [0.25, 0.3) is 5.91 Å². The van der Waals surface area contributed by atoms with Crippen molar-refractivity contribution in [3.05, 3.63) is 41.5 Å². The number of nitrogens with zero attached hydrogens (tertiary/aromatic N) is 2. The van der Waals surface area contributed by atoms with Gasteiger partial charge in [0, 0.05) is 31.7 Å². The van der Waals surface area contributed by atoms with Crippen LogP contribution in [0, 0.1) is 0 Å². The first-order valence-corrected chi connectivity index (χ1v) is 9.18. The van der Waals surface area contributed by atoms with Gasteiger partial charge < -0.3 is 14.5 Å². The first-order valence-electron chi connectivity index (χ1n) is 9.18. The van der Waals surface area contributed by atoms with Crippen LogP contribution in [-0.2, 0) is 6.42 Å². The molecule has 1 saturated heterocycles. The average Bonchev–Trinajstić information content (AvgIpc) is 3.16. The Bertz CT molecular complexity index is 652. The summed E-state index contributed by atoms with van der Waals surface area (Å²) in [6.45, 7) is 7.06. The van der Waals surface area contributed by atoms with Gasteiger partial charge in [-0.1, -0.05) is 19.1 Å². The standard InChI is InChI=1S/C20H26N2O2/c1-2-21-13-9-20(10-14-21)8-7-16-15-17(5-6-18(16)24-20)19(23)22-11-3-4-12-22/h3-6,15H,2,7-14H2,1H3. The lowest BCUT2D eigenvalue weighted by Crippen LogP contribution is -2.49. The molecule has 0 aromatic heterocycles. The van der Waals surface area contributed by atoms with Gasteiger partial charge in [-0.05, 0) is 56.0 Å². The Morgan fingerprint density at radius 2 is 1.92 bits per heavy atom. The van der Waals surface area contributed by atoms with Gasteiger partial charge in [0.05, 0.1) is 0 Å². The molecule has 4 rings (SSSR count). The molecule has 128 valence electrons. The quantitative estimate of drug-likeness (QED) is 0.784. The van der Waals surface area contributed by atoms with Crippen molar-refractivity contribution in [3.63, 3.8) is 0 Å². The van der Waals surface area contributed by atoms with Crippen molar-refractivity contribution in [1.29, 1.82) is 0 Å². The van der Waals surface area contributed by atoms with E-state index in [0.29, 0.717) is 0 Å². The molecule has 0 atom stereocenters. The van der Waals surface area contributed by atoms with Crippen LogP contribution in [0.5, 0.6) is 5.75 Å². The predicted molar refractivity (Wildman–Crippen MR) is 94.5 cm³/mol. The van der Waals surface area contributed by atoms with E-state index in [-0.39, 0.29) is 11.5 Å². The van der Waals surface area contributed by atoms with Crippen LogP contribution in [-0.4, -0.2) is 54.0 Å². The summed E-state index contributed by atoms with van der Waals surface area (Å²) >= 11 is 0. The van der Waals surface area contributed by atoms with Gasteiger partial charge in [0.1, 0.15) is 11.4 Å². The fourth-order valence-corrected chi connectivity index (χ4v) is 4.11. The molecule has 0 saturated carbocycles. The number of piperidine rings is 1. The Hall–Kier alpha value is -1.81. The zero-order valence-corrected chi connectivity index (χ0v) is 14.5.